The van der Waals surface area contributed by atoms with Gasteiger partial charge < -0.3 is 15.6 Å². The number of aliphatic hydroxyl groups is 1. The molecule has 1 aromatic carbocycles. The van der Waals surface area contributed by atoms with Gasteiger partial charge in [0, 0.05) is 17.5 Å². The molecule has 4 atom stereocenters. The first kappa shape index (κ1) is 12.9. The minimum atomic E-state index is -0.510. The van der Waals surface area contributed by atoms with Crippen LogP contribution in [0.3, 0.4) is 0 Å². The minimum absolute atomic E-state index is 0.141. The maximum atomic E-state index is 10.9. The molecule has 2 aliphatic rings. The fourth-order valence-electron chi connectivity index (χ4n) is 4.39. The van der Waals surface area contributed by atoms with E-state index in [0.717, 1.165) is 23.7 Å². The van der Waals surface area contributed by atoms with Crippen molar-refractivity contribution in [3.8, 4) is 5.75 Å². The Labute approximate surface area is 114 Å². The topological polar surface area (TPSA) is 55.5 Å². The molecule has 2 fully saturated rings. The van der Waals surface area contributed by atoms with Crippen molar-refractivity contribution in [3.63, 3.8) is 0 Å². The Kier molecular flexibility index (Phi) is 3.27. The molecule has 0 radical (unpaired) electrons. The van der Waals surface area contributed by atoms with Crippen molar-refractivity contribution in [1.29, 1.82) is 0 Å². The van der Waals surface area contributed by atoms with Crippen molar-refractivity contribution in [2.24, 2.45) is 23.0 Å². The summed E-state index contributed by atoms with van der Waals surface area (Å²) in [6.45, 7) is 0.563. The largest absolute Gasteiger partial charge is 0.496 e. The van der Waals surface area contributed by atoms with E-state index >= 15 is 0 Å². The summed E-state index contributed by atoms with van der Waals surface area (Å²) in [5, 5.41) is 10.9. The zero-order valence-corrected chi connectivity index (χ0v) is 11.5. The lowest BCUT2D eigenvalue weighted by molar-refractivity contribution is -0.0143. The number of rotatable bonds is 4. The first-order valence-corrected chi connectivity index (χ1v) is 7.22. The van der Waals surface area contributed by atoms with Gasteiger partial charge in [-0.15, -0.1) is 0 Å². The number of hydrogen-bond acceptors (Lipinski definition) is 3. The molecule has 0 saturated heterocycles. The van der Waals surface area contributed by atoms with Gasteiger partial charge in [-0.25, -0.2) is 0 Å². The third-order valence-corrected chi connectivity index (χ3v) is 5.38. The van der Waals surface area contributed by atoms with Crippen molar-refractivity contribution < 1.29 is 9.84 Å². The van der Waals surface area contributed by atoms with Crippen LogP contribution in [0, 0.1) is 17.3 Å². The van der Waals surface area contributed by atoms with Crippen molar-refractivity contribution in [3.05, 3.63) is 29.8 Å². The normalized spacial score (nSPS) is 34.5. The van der Waals surface area contributed by atoms with Gasteiger partial charge in [0.2, 0.25) is 0 Å². The lowest BCUT2D eigenvalue weighted by Gasteiger charge is -2.41. The smallest absolute Gasteiger partial charge is 0.124 e. The highest BCUT2D eigenvalue weighted by atomic mass is 16.5. The zero-order chi connectivity index (χ0) is 13.5. The van der Waals surface area contributed by atoms with E-state index in [1.165, 1.54) is 19.3 Å². The molecule has 2 aliphatic carbocycles. The van der Waals surface area contributed by atoms with E-state index in [2.05, 4.69) is 0 Å². The van der Waals surface area contributed by atoms with Crippen LogP contribution in [0.5, 0.6) is 5.75 Å². The molecular formula is C16H23NO2. The molecule has 0 spiro atoms. The maximum absolute atomic E-state index is 10.9. The Hall–Kier alpha value is -1.06. The summed E-state index contributed by atoms with van der Waals surface area (Å²) in [6, 6.07) is 7.77. The van der Waals surface area contributed by atoms with E-state index in [1.54, 1.807) is 7.11 Å². The van der Waals surface area contributed by atoms with Gasteiger partial charge in [-0.05, 0) is 37.2 Å². The summed E-state index contributed by atoms with van der Waals surface area (Å²) in [4.78, 5) is 0. The second-order valence-electron chi connectivity index (χ2n) is 6.16. The van der Waals surface area contributed by atoms with E-state index in [9.17, 15) is 5.11 Å². The maximum Gasteiger partial charge on any atom is 0.124 e. The predicted molar refractivity (Wildman–Crippen MR) is 74.9 cm³/mol. The standard InChI is InChI=1S/C16H23NO2/c1-19-14-5-3-2-4-13(14)15(18)16(10-17)9-11-6-7-12(16)8-11/h2-5,11-12,15,18H,6-10,17H2,1H3. The lowest BCUT2D eigenvalue weighted by Crippen LogP contribution is -2.41. The van der Waals surface area contributed by atoms with E-state index in [-0.39, 0.29) is 5.41 Å². The molecule has 0 amide bonds. The van der Waals surface area contributed by atoms with E-state index in [0.29, 0.717) is 12.5 Å². The highest BCUT2D eigenvalue weighted by Gasteiger charge is 2.54. The Morgan fingerprint density at radius 1 is 1.42 bits per heavy atom. The fourth-order valence-corrected chi connectivity index (χ4v) is 4.39. The first-order chi connectivity index (χ1) is 9.21. The lowest BCUT2D eigenvalue weighted by atomic mass is 9.67. The molecule has 3 rings (SSSR count). The summed E-state index contributed by atoms with van der Waals surface area (Å²) in [7, 11) is 1.65. The van der Waals surface area contributed by atoms with Crippen LogP contribution in [0.25, 0.3) is 0 Å². The second-order valence-corrected chi connectivity index (χ2v) is 6.16. The van der Waals surface area contributed by atoms with E-state index < -0.39 is 6.10 Å². The monoisotopic (exact) mass is 261 g/mol. The number of para-hydroxylation sites is 1. The number of fused-ring (bicyclic) bond motifs is 2. The highest BCUT2D eigenvalue weighted by molar-refractivity contribution is 5.36. The van der Waals surface area contributed by atoms with Crippen molar-refractivity contribution in [2.75, 3.05) is 13.7 Å². The molecule has 4 unspecified atom stereocenters. The molecule has 0 heterocycles. The molecule has 3 nitrogen and oxygen atoms in total. The van der Waals surface area contributed by atoms with Crippen molar-refractivity contribution in [2.45, 2.75) is 31.8 Å². The van der Waals surface area contributed by atoms with E-state index in [4.69, 9.17) is 10.5 Å². The van der Waals surface area contributed by atoms with Gasteiger partial charge in [-0.2, -0.15) is 0 Å². The molecular weight excluding hydrogens is 238 g/mol. The van der Waals surface area contributed by atoms with Crippen molar-refractivity contribution >= 4 is 0 Å². The Balaban J connectivity index is 1.96. The summed E-state index contributed by atoms with van der Waals surface area (Å²) >= 11 is 0. The number of benzene rings is 1. The average Bonchev–Trinajstić information content (AvgIpc) is 3.07. The number of aliphatic hydroxyl groups excluding tert-OH is 1. The van der Waals surface area contributed by atoms with Crippen LogP contribution in [-0.4, -0.2) is 18.8 Å². The molecule has 0 aliphatic heterocycles. The summed E-state index contributed by atoms with van der Waals surface area (Å²) < 4.78 is 5.39. The Bertz CT molecular complexity index is 462. The average molecular weight is 261 g/mol. The third kappa shape index (κ3) is 1.87. The van der Waals surface area contributed by atoms with Gasteiger partial charge in [0.15, 0.2) is 0 Å². The number of methoxy groups -OCH3 is 1. The van der Waals surface area contributed by atoms with Crippen LogP contribution in [0.4, 0.5) is 0 Å². The summed E-state index contributed by atoms with van der Waals surface area (Å²) in [5.74, 6) is 2.10. The van der Waals surface area contributed by atoms with Crippen LogP contribution >= 0.6 is 0 Å². The van der Waals surface area contributed by atoms with Gasteiger partial charge in [0.25, 0.3) is 0 Å². The molecule has 2 bridgehead atoms. The van der Waals surface area contributed by atoms with Crippen LogP contribution in [-0.2, 0) is 0 Å². The summed E-state index contributed by atoms with van der Waals surface area (Å²) in [5.41, 5.74) is 6.83. The van der Waals surface area contributed by atoms with Gasteiger partial charge >= 0.3 is 0 Å². The molecule has 3 N–H and O–H groups in total. The molecule has 1 aromatic rings. The molecule has 3 heteroatoms. The van der Waals surface area contributed by atoms with E-state index in [1.807, 2.05) is 24.3 Å². The van der Waals surface area contributed by atoms with Crippen molar-refractivity contribution in [1.82, 2.24) is 0 Å². The summed E-state index contributed by atoms with van der Waals surface area (Å²) in [6.07, 6.45) is 4.32. The minimum Gasteiger partial charge on any atom is -0.496 e. The number of ether oxygens (including phenoxy) is 1. The van der Waals surface area contributed by atoms with Gasteiger partial charge in [0.05, 0.1) is 13.2 Å². The molecule has 2 saturated carbocycles. The highest BCUT2D eigenvalue weighted by Crippen LogP contribution is 2.60. The Morgan fingerprint density at radius 2 is 2.21 bits per heavy atom. The zero-order valence-electron chi connectivity index (χ0n) is 11.5. The van der Waals surface area contributed by atoms with Gasteiger partial charge in [-0.1, -0.05) is 24.6 Å². The van der Waals surface area contributed by atoms with Crippen LogP contribution in [0.2, 0.25) is 0 Å². The number of nitrogens with two attached hydrogens (primary N) is 1. The molecule has 0 aromatic heterocycles. The van der Waals surface area contributed by atoms with Crippen LogP contribution < -0.4 is 10.5 Å². The van der Waals surface area contributed by atoms with Crippen LogP contribution in [0.1, 0.15) is 37.4 Å². The van der Waals surface area contributed by atoms with Gasteiger partial charge in [0.1, 0.15) is 5.75 Å². The fraction of sp³-hybridized carbons (Fsp3) is 0.625. The quantitative estimate of drug-likeness (QED) is 0.875. The SMILES string of the molecule is COc1ccccc1C(O)C1(CN)CC2CCC1C2. The predicted octanol–water partition coefficient (Wildman–Crippen LogP) is 2.49. The molecule has 104 valence electrons. The van der Waals surface area contributed by atoms with Crippen LogP contribution in [0.15, 0.2) is 24.3 Å². The Morgan fingerprint density at radius 3 is 2.79 bits per heavy atom. The molecule has 19 heavy (non-hydrogen) atoms. The third-order valence-electron chi connectivity index (χ3n) is 5.38. The van der Waals surface area contributed by atoms with Gasteiger partial charge in [-0.3, -0.25) is 0 Å². The first-order valence-electron chi connectivity index (χ1n) is 7.22. The second kappa shape index (κ2) is 4.80. The number of hydrogen-bond donors (Lipinski definition) is 2.